The average Bonchev–Trinajstić information content (AvgIpc) is 1.99. The number of hydrogen-bond acceptors (Lipinski definition) is 3. The van der Waals surface area contributed by atoms with Crippen molar-refractivity contribution in [3.8, 4) is 0 Å². The fourth-order valence-corrected chi connectivity index (χ4v) is 1.03. The smallest absolute Gasteiger partial charge is 0.217 e. The minimum Gasteiger partial charge on any atom is -0.346 e. The van der Waals surface area contributed by atoms with Gasteiger partial charge in [-0.05, 0) is 6.92 Å². The van der Waals surface area contributed by atoms with Crippen molar-refractivity contribution < 1.29 is 14.4 Å². The van der Waals surface area contributed by atoms with Gasteiger partial charge in [-0.15, -0.1) is 0 Å². The first-order valence-electron chi connectivity index (χ1n) is 4.95. The van der Waals surface area contributed by atoms with Crippen LogP contribution in [0.3, 0.4) is 0 Å². The Hall–Kier alpha value is -1.19. The molecule has 0 spiro atoms. The summed E-state index contributed by atoms with van der Waals surface area (Å²) in [6.45, 7) is 8.08. The van der Waals surface area contributed by atoms with Gasteiger partial charge in [0, 0.05) is 18.8 Å². The maximum atomic E-state index is 11.7. The van der Waals surface area contributed by atoms with Crippen molar-refractivity contribution in [1.29, 1.82) is 0 Å². The molecule has 0 heterocycles. The van der Waals surface area contributed by atoms with E-state index >= 15 is 0 Å². The fraction of sp³-hybridized carbons (Fsp3) is 0.727. The predicted molar refractivity (Wildman–Crippen MR) is 57.4 cm³/mol. The number of nitrogens with one attached hydrogen (secondary N) is 1. The summed E-state index contributed by atoms with van der Waals surface area (Å²) in [7, 11) is 0. The molecule has 86 valence electrons. The molecule has 0 saturated carbocycles. The lowest BCUT2D eigenvalue weighted by molar-refractivity contribution is -0.131. The van der Waals surface area contributed by atoms with Crippen LogP contribution >= 0.6 is 0 Å². The average molecular weight is 213 g/mol. The lowest BCUT2D eigenvalue weighted by Crippen LogP contribution is -2.41. The summed E-state index contributed by atoms with van der Waals surface area (Å²) in [5.74, 6) is -0.517. The highest BCUT2D eigenvalue weighted by Gasteiger charge is 2.26. The first-order valence-corrected chi connectivity index (χ1v) is 4.95. The Bertz CT molecular complexity index is 276. The molecule has 15 heavy (non-hydrogen) atoms. The first-order chi connectivity index (χ1) is 6.64. The topological polar surface area (TPSA) is 63.2 Å². The van der Waals surface area contributed by atoms with Crippen LogP contribution in [-0.2, 0) is 14.4 Å². The van der Waals surface area contributed by atoms with Gasteiger partial charge in [-0.1, -0.05) is 20.8 Å². The molecule has 0 saturated heterocycles. The number of amides is 1. The number of hydrogen-bond donors (Lipinski definition) is 1. The third-order valence-electron chi connectivity index (χ3n) is 2.09. The van der Waals surface area contributed by atoms with Gasteiger partial charge in [-0.25, -0.2) is 0 Å². The summed E-state index contributed by atoms with van der Waals surface area (Å²) in [4.78, 5) is 33.6. The molecule has 1 N–H and O–H groups in total. The normalized spacial score (nSPS) is 13.1. The molecule has 0 unspecified atom stereocenters. The first kappa shape index (κ1) is 13.8. The van der Waals surface area contributed by atoms with Crippen LogP contribution in [0.1, 0.15) is 41.0 Å². The van der Waals surface area contributed by atoms with Gasteiger partial charge < -0.3 is 5.32 Å². The van der Waals surface area contributed by atoms with Crippen LogP contribution in [-0.4, -0.2) is 23.5 Å². The van der Waals surface area contributed by atoms with Gasteiger partial charge in [0.15, 0.2) is 5.78 Å². The van der Waals surface area contributed by atoms with Gasteiger partial charge in [0.2, 0.25) is 5.91 Å². The molecule has 0 aromatic rings. The molecule has 0 aromatic heterocycles. The van der Waals surface area contributed by atoms with E-state index in [0.29, 0.717) is 0 Å². The van der Waals surface area contributed by atoms with Crippen molar-refractivity contribution in [2.75, 3.05) is 0 Å². The summed E-state index contributed by atoms with van der Waals surface area (Å²) < 4.78 is 0. The van der Waals surface area contributed by atoms with Gasteiger partial charge >= 0.3 is 0 Å². The minimum absolute atomic E-state index is 0.0311. The third kappa shape index (κ3) is 5.30. The zero-order valence-electron chi connectivity index (χ0n) is 10.0. The second kappa shape index (κ2) is 5.05. The zero-order chi connectivity index (χ0) is 12.2. The van der Waals surface area contributed by atoms with Crippen molar-refractivity contribution in [3.63, 3.8) is 0 Å². The van der Waals surface area contributed by atoms with E-state index in [1.54, 1.807) is 20.8 Å². The zero-order valence-corrected chi connectivity index (χ0v) is 10.0. The molecule has 1 atom stereocenters. The standard InChI is InChI=1S/C11H19NO3/c1-7(13)9(12-8(2)14)6-10(15)11(3,4)5/h9H,6H2,1-5H3,(H,12,14)/t9-/m0/s1. The lowest BCUT2D eigenvalue weighted by atomic mass is 9.86. The lowest BCUT2D eigenvalue weighted by Gasteiger charge is -2.20. The second-order valence-electron chi connectivity index (χ2n) is 4.74. The van der Waals surface area contributed by atoms with E-state index in [-0.39, 0.29) is 23.9 Å². The number of Topliss-reactive ketones (excluding diaryl/α,β-unsaturated/α-hetero) is 2. The minimum atomic E-state index is -0.686. The van der Waals surface area contributed by atoms with E-state index in [9.17, 15) is 14.4 Å². The number of ketones is 2. The van der Waals surface area contributed by atoms with Crippen LogP contribution in [0.5, 0.6) is 0 Å². The Kier molecular flexibility index (Phi) is 4.65. The van der Waals surface area contributed by atoms with E-state index in [0.717, 1.165) is 0 Å². The van der Waals surface area contributed by atoms with E-state index in [1.807, 2.05) is 0 Å². The number of carbonyl (C=O) groups excluding carboxylic acids is 3. The Morgan fingerprint density at radius 2 is 1.60 bits per heavy atom. The Labute approximate surface area is 90.4 Å². The number of rotatable bonds is 4. The molecule has 4 heteroatoms. The quantitative estimate of drug-likeness (QED) is 0.760. The van der Waals surface area contributed by atoms with Crippen LogP contribution in [0.2, 0.25) is 0 Å². The van der Waals surface area contributed by atoms with E-state index < -0.39 is 11.5 Å². The van der Waals surface area contributed by atoms with Crippen molar-refractivity contribution in [2.45, 2.75) is 47.1 Å². The molecule has 4 nitrogen and oxygen atoms in total. The van der Waals surface area contributed by atoms with Crippen molar-refractivity contribution >= 4 is 17.5 Å². The van der Waals surface area contributed by atoms with Crippen molar-refractivity contribution in [2.24, 2.45) is 5.41 Å². The molecule has 0 radical (unpaired) electrons. The largest absolute Gasteiger partial charge is 0.346 e. The predicted octanol–water partition coefficient (Wildman–Crippen LogP) is 1.09. The van der Waals surface area contributed by atoms with Crippen LogP contribution in [0.15, 0.2) is 0 Å². The van der Waals surface area contributed by atoms with Gasteiger partial charge in [0.1, 0.15) is 5.78 Å². The van der Waals surface area contributed by atoms with Crippen LogP contribution < -0.4 is 5.32 Å². The highest BCUT2D eigenvalue weighted by molar-refractivity contribution is 5.93. The van der Waals surface area contributed by atoms with E-state index in [1.165, 1.54) is 13.8 Å². The summed E-state index contributed by atoms with van der Waals surface area (Å²) in [6.07, 6.45) is 0.0679. The summed E-state index contributed by atoms with van der Waals surface area (Å²) in [5, 5.41) is 2.47. The fourth-order valence-electron chi connectivity index (χ4n) is 1.03. The van der Waals surface area contributed by atoms with Crippen molar-refractivity contribution in [1.82, 2.24) is 5.32 Å². The molecule has 0 rings (SSSR count). The SMILES string of the molecule is CC(=O)N[C@@H](CC(=O)C(C)(C)C)C(C)=O. The molecule has 0 bridgehead atoms. The molecule has 0 fully saturated rings. The van der Waals surface area contributed by atoms with E-state index in [4.69, 9.17) is 0 Å². The van der Waals surface area contributed by atoms with Gasteiger partial charge in [0.05, 0.1) is 6.04 Å². The Morgan fingerprint density at radius 1 is 1.13 bits per heavy atom. The Balaban J connectivity index is 4.50. The van der Waals surface area contributed by atoms with Crippen molar-refractivity contribution in [3.05, 3.63) is 0 Å². The maximum Gasteiger partial charge on any atom is 0.217 e. The summed E-state index contributed by atoms with van der Waals surface area (Å²) in [6, 6.07) is -0.686. The molecular formula is C11H19NO3. The molecule has 0 aliphatic rings. The third-order valence-corrected chi connectivity index (χ3v) is 2.09. The summed E-state index contributed by atoms with van der Waals surface area (Å²) >= 11 is 0. The van der Waals surface area contributed by atoms with Gasteiger partial charge in [0.25, 0.3) is 0 Å². The molecule has 0 aliphatic heterocycles. The monoisotopic (exact) mass is 213 g/mol. The molecule has 0 aliphatic carbocycles. The second-order valence-corrected chi connectivity index (χ2v) is 4.74. The molecule has 0 aromatic carbocycles. The number of carbonyl (C=O) groups is 3. The summed E-state index contributed by atoms with van der Waals surface area (Å²) in [5.41, 5.74) is -0.480. The van der Waals surface area contributed by atoms with Crippen LogP contribution in [0.25, 0.3) is 0 Å². The highest BCUT2D eigenvalue weighted by Crippen LogP contribution is 2.17. The van der Waals surface area contributed by atoms with Crippen LogP contribution in [0.4, 0.5) is 0 Å². The Morgan fingerprint density at radius 3 is 1.87 bits per heavy atom. The van der Waals surface area contributed by atoms with Gasteiger partial charge in [-0.2, -0.15) is 0 Å². The van der Waals surface area contributed by atoms with E-state index in [2.05, 4.69) is 5.32 Å². The maximum absolute atomic E-state index is 11.7. The van der Waals surface area contributed by atoms with Gasteiger partial charge in [-0.3, -0.25) is 14.4 Å². The van der Waals surface area contributed by atoms with Crippen LogP contribution in [0, 0.1) is 5.41 Å². The molecular weight excluding hydrogens is 194 g/mol. The highest BCUT2D eigenvalue weighted by atomic mass is 16.2. The molecule has 1 amide bonds.